The van der Waals surface area contributed by atoms with Gasteiger partial charge in [0.05, 0.1) is 0 Å². The van der Waals surface area contributed by atoms with Gasteiger partial charge in [0, 0.05) is 9.92 Å². The standard InChI is InChI=1S/C8H7Cl2FS/c1-12(2,10)8-4-3-6(9)5-7(8)11/h3-5H,1-2H2. The number of halogens is 3. The van der Waals surface area contributed by atoms with Gasteiger partial charge >= 0.3 is 0 Å². The predicted octanol–water partition coefficient (Wildman–Crippen LogP) is 3.66. The van der Waals surface area contributed by atoms with Gasteiger partial charge in [-0.3, -0.25) is 0 Å². The molecular formula is C8H7Cl2FS. The van der Waals surface area contributed by atoms with E-state index in [0.717, 1.165) is 0 Å². The predicted molar refractivity (Wildman–Crippen MR) is 57.4 cm³/mol. The van der Waals surface area contributed by atoms with Crippen LogP contribution in [0.2, 0.25) is 5.02 Å². The lowest BCUT2D eigenvalue weighted by molar-refractivity contribution is 0.602. The van der Waals surface area contributed by atoms with Gasteiger partial charge in [0.25, 0.3) is 0 Å². The van der Waals surface area contributed by atoms with Gasteiger partial charge < -0.3 is 0 Å². The Morgan fingerprint density at radius 3 is 2.33 bits per heavy atom. The summed E-state index contributed by atoms with van der Waals surface area (Å²) in [7, 11) is 3.78. The molecule has 0 saturated heterocycles. The second kappa shape index (κ2) is 3.29. The van der Waals surface area contributed by atoms with E-state index in [1.54, 1.807) is 6.07 Å². The Balaban J connectivity index is 3.39. The van der Waals surface area contributed by atoms with Crippen LogP contribution in [0.3, 0.4) is 0 Å². The molecule has 0 aliphatic rings. The van der Waals surface area contributed by atoms with Crippen molar-refractivity contribution in [1.29, 1.82) is 0 Å². The molecule has 4 heteroatoms. The van der Waals surface area contributed by atoms with Crippen molar-refractivity contribution in [3.63, 3.8) is 0 Å². The monoisotopic (exact) mass is 224 g/mol. The normalized spacial score (nSPS) is 11.6. The summed E-state index contributed by atoms with van der Waals surface area (Å²) < 4.78 is 13.1. The molecule has 0 nitrogen and oxygen atoms in total. The molecule has 0 aliphatic carbocycles. The lowest BCUT2D eigenvalue weighted by Crippen LogP contribution is -1.81. The molecule has 0 atom stereocenters. The highest BCUT2D eigenvalue weighted by atomic mass is 35.7. The maximum atomic E-state index is 13.1. The Hall–Kier alpha value is -0.180. The van der Waals surface area contributed by atoms with Crippen LogP contribution in [0, 0.1) is 5.82 Å². The van der Waals surface area contributed by atoms with Gasteiger partial charge in [-0.05, 0) is 18.2 Å². The van der Waals surface area contributed by atoms with Crippen molar-refractivity contribution in [2.24, 2.45) is 0 Å². The maximum absolute atomic E-state index is 13.1. The molecule has 1 aromatic carbocycles. The fraction of sp³-hybridized carbons (Fsp3) is 0. The summed E-state index contributed by atoms with van der Waals surface area (Å²) in [6.45, 7) is 0. The van der Waals surface area contributed by atoms with Gasteiger partial charge in [-0.1, -0.05) is 34.0 Å². The molecule has 0 fully saturated rings. The second-order valence-electron chi connectivity index (χ2n) is 2.36. The van der Waals surface area contributed by atoms with E-state index in [1.807, 2.05) is 0 Å². The molecule has 1 rings (SSSR count). The van der Waals surface area contributed by atoms with Crippen molar-refractivity contribution in [2.45, 2.75) is 4.90 Å². The average Bonchev–Trinajstić information content (AvgIpc) is 1.83. The van der Waals surface area contributed by atoms with Gasteiger partial charge in [0.15, 0.2) is 0 Å². The van der Waals surface area contributed by atoms with Crippen molar-refractivity contribution in [3.8, 4) is 0 Å². The molecule has 0 radical (unpaired) electrons. The van der Waals surface area contributed by atoms with E-state index in [1.165, 1.54) is 12.1 Å². The van der Waals surface area contributed by atoms with E-state index >= 15 is 0 Å². The fourth-order valence-electron chi connectivity index (χ4n) is 0.772. The number of hydrogen-bond donors (Lipinski definition) is 0. The molecule has 12 heavy (non-hydrogen) atoms. The summed E-state index contributed by atoms with van der Waals surface area (Å²) in [5.74, 6) is 6.72. The summed E-state index contributed by atoms with van der Waals surface area (Å²) in [4.78, 5) is 0.327. The average molecular weight is 225 g/mol. The van der Waals surface area contributed by atoms with Gasteiger partial charge in [0.2, 0.25) is 0 Å². The highest BCUT2D eigenvalue weighted by Crippen LogP contribution is 2.38. The van der Waals surface area contributed by atoms with Crippen molar-refractivity contribution in [2.75, 3.05) is 0 Å². The minimum atomic E-state index is -2.01. The zero-order chi connectivity index (χ0) is 9.35. The van der Waals surface area contributed by atoms with Crippen LogP contribution in [-0.4, -0.2) is 11.7 Å². The summed E-state index contributed by atoms with van der Waals surface area (Å²) in [5, 5.41) is 0.344. The van der Waals surface area contributed by atoms with Gasteiger partial charge in [-0.2, -0.15) is 0 Å². The molecule has 0 bridgehead atoms. The SMILES string of the molecule is C=S(=C)(Cl)c1ccc(Cl)cc1F. The Morgan fingerprint density at radius 2 is 1.92 bits per heavy atom. The summed E-state index contributed by atoms with van der Waals surface area (Å²) in [6.07, 6.45) is 0. The number of rotatable bonds is 1. The Morgan fingerprint density at radius 1 is 1.33 bits per heavy atom. The van der Waals surface area contributed by atoms with Crippen LogP contribution in [-0.2, 0) is 0 Å². The first kappa shape index (κ1) is 9.90. The third kappa shape index (κ3) is 2.16. The van der Waals surface area contributed by atoms with Crippen LogP contribution in [0.4, 0.5) is 4.39 Å². The van der Waals surface area contributed by atoms with Crippen LogP contribution in [0.5, 0.6) is 0 Å². The minimum absolute atomic E-state index is 0.327. The molecule has 1 aromatic rings. The van der Waals surface area contributed by atoms with Gasteiger partial charge in [-0.15, -0.1) is 8.42 Å². The first-order valence-corrected chi connectivity index (χ1v) is 6.23. The van der Waals surface area contributed by atoms with Gasteiger partial charge in [-0.25, -0.2) is 4.39 Å². The molecule has 0 unspecified atom stereocenters. The van der Waals surface area contributed by atoms with Crippen LogP contribution in [0.25, 0.3) is 0 Å². The Labute approximate surface area is 80.9 Å². The largest absolute Gasteiger partial charge is 0.206 e. The molecule has 0 aromatic heterocycles. The summed E-state index contributed by atoms with van der Waals surface area (Å²) >= 11 is 5.55. The van der Waals surface area contributed by atoms with E-state index < -0.39 is 14.2 Å². The molecule has 0 spiro atoms. The van der Waals surface area contributed by atoms with Crippen LogP contribution < -0.4 is 0 Å². The summed E-state index contributed by atoms with van der Waals surface area (Å²) in [5.41, 5.74) is 0. The smallest absolute Gasteiger partial charge is 0.138 e. The molecule has 0 amide bonds. The number of benzene rings is 1. The third-order valence-corrected chi connectivity index (χ3v) is 3.14. The zero-order valence-corrected chi connectivity index (χ0v) is 8.52. The minimum Gasteiger partial charge on any atom is -0.206 e. The highest BCUT2D eigenvalue weighted by molar-refractivity contribution is 8.45. The Kier molecular flexibility index (Phi) is 2.71. The lowest BCUT2D eigenvalue weighted by atomic mass is 10.3. The van der Waals surface area contributed by atoms with Crippen molar-refractivity contribution in [1.82, 2.24) is 0 Å². The fourth-order valence-corrected chi connectivity index (χ4v) is 2.03. The van der Waals surface area contributed by atoms with Crippen molar-refractivity contribution >= 4 is 42.4 Å². The first-order chi connectivity index (χ1) is 5.41. The van der Waals surface area contributed by atoms with Crippen LogP contribution in [0.15, 0.2) is 23.1 Å². The topological polar surface area (TPSA) is 0 Å². The van der Waals surface area contributed by atoms with E-state index in [0.29, 0.717) is 9.92 Å². The summed E-state index contributed by atoms with van der Waals surface area (Å²) in [6, 6.07) is 4.29. The molecular weight excluding hydrogens is 218 g/mol. The molecule has 0 saturated carbocycles. The molecule has 0 heterocycles. The van der Waals surface area contributed by atoms with Gasteiger partial charge in [0.1, 0.15) is 5.82 Å². The highest BCUT2D eigenvalue weighted by Gasteiger charge is 2.05. The molecule has 0 aliphatic heterocycles. The van der Waals surface area contributed by atoms with Crippen molar-refractivity contribution < 1.29 is 4.39 Å². The third-order valence-electron chi connectivity index (χ3n) is 1.29. The molecule has 66 valence electrons. The molecule has 0 N–H and O–H groups in total. The van der Waals surface area contributed by atoms with E-state index in [2.05, 4.69) is 11.7 Å². The van der Waals surface area contributed by atoms with E-state index in [9.17, 15) is 4.39 Å². The van der Waals surface area contributed by atoms with Crippen LogP contribution in [0.1, 0.15) is 0 Å². The Bertz CT molecular complexity index is 396. The number of hydrogen-bond acceptors (Lipinski definition) is 0. The zero-order valence-electron chi connectivity index (χ0n) is 6.19. The van der Waals surface area contributed by atoms with Crippen molar-refractivity contribution in [3.05, 3.63) is 29.0 Å². The van der Waals surface area contributed by atoms with E-state index in [-0.39, 0.29) is 0 Å². The van der Waals surface area contributed by atoms with Crippen LogP contribution >= 0.6 is 30.7 Å². The maximum Gasteiger partial charge on any atom is 0.138 e. The first-order valence-electron chi connectivity index (χ1n) is 3.05. The quantitative estimate of drug-likeness (QED) is 0.640. The second-order valence-corrected chi connectivity index (χ2v) is 6.59. The lowest BCUT2D eigenvalue weighted by Gasteiger charge is -2.06. The van der Waals surface area contributed by atoms with E-state index in [4.69, 9.17) is 22.3 Å².